The van der Waals surface area contributed by atoms with Gasteiger partial charge in [0, 0.05) is 10.5 Å². The van der Waals surface area contributed by atoms with E-state index in [4.69, 9.17) is 16.3 Å². The third-order valence-corrected chi connectivity index (χ3v) is 5.37. The van der Waals surface area contributed by atoms with Crippen molar-refractivity contribution < 1.29 is 23.1 Å². The summed E-state index contributed by atoms with van der Waals surface area (Å²) in [4.78, 5) is 24.6. The average Bonchev–Trinajstić information content (AvgIpc) is 2.64. The second kappa shape index (κ2) is 9.71. The Bertz CT molecular complexity index is 848. The van der Waals surface area contributed by atoms with Gasteiger partial charge in [-0.2, -0.15) is 0 Å². The molecule has 0 saturated heterocycles. The van der Waals surface area contributed by atoms with Crippen LogP contribution in [0.2, 0.25) is 5.02 Å². The highest BCUT2D eigenvalue weighted by atomic mass is 35.5. The van der Waals surface area contributed by atoms with Gasteiger partial charge in [-0.1, -0.05) is 31.0 Å². The molecule has 144 valence electrons. The number of hydrogen-bond donors (Lipinski definition) is 1. The Morgan fingerprint density at radius 3 is 2.63 bits per heavy atom. The third-order valence-electron chi connectivity index (χ3n) is 3.64. The van der Waals surface area contributed by atoms with Crippen LogP contribution >= 0.6 is 23.4 Å². The molecule has 0 aliphatic carbocycles. The molecule has 0 aliphatic heterocycles. The van der Waals surface area contributed by atoms with E-state index in [2.05, 4.69) is 5.32 Å². The minimum atomic E-state index is -0.737. The number of ether oxygens (including phenoxy) is 1. The van der Waals surface area contributed by atoms with Gasteiger partial charge in [-0.15, -0.1) is 11.8 Å². The van der Waals surface area contributed by atoms with Gasteiger partial charge < -0.3 is 10.1 Å². The van der Waals surface area contributed by atoms with Gasteiger partial charge in [0.1, 0.15) is 16.9 Å². The number of nitrogens with one attached hydrogen (secondary N) is 1. The van der Waals surface area contributed by atoms with Crippen LogP contribution in [0, 0.1) is 11.6 Å². The van der Waals surface area contributed by atoms with Crippen molar-refractivity contribution in [2.24, 2.45) is 0 Å². The van der Waals surface area contributed by atoms with Crippen molar-refractivity contribution in [3.05, 3.63) is 58.6 Å². The van der Waals surface area contributed by atoms with Gasteiger partial charge in [0.2, 0.25) is 0 Å². The van der Waals surface area contributed by atoms with Crippen LogP contribution < -0.4 is 5.32 Å². The van der Waals surface area contributed by atoms with Crippen molar-refractivity contribution in [2.75, 3.05) is 12.4 Å². The van der Waals surface area contributed by atoms with Crippen LogP contribution in [-0.4, -0.2) is 24.2 Å². The van der Waals surface area contributed by atoms with E-state index < -0.39 is 28.8 Å². The maximum Gasteiger partial charge on any atom is 0.319 e. The highest BCUT2D eigenvalue weighted by Gasteiger charge is 2.22. The minimum absolute atomic E-state index is 0.0528. The van der Waals surface area contributed by atoms with E-state index in [1.165, 1.54) is 31.4 Å². The van der Waals surface area contributed by atoms with Gasteiger partial charge in [-0.05, 0) is 36.8 Å². The van der Waals surface area contributed by atoms with Crippen LogP contribution in [0.25, 0.3) is 0 Å². The zero-order chi connectivity index (χ0) is 20.0. The van der Waals surface area contributed by atoms with Crippen molar-refractivity contribution in [1.29, 1.82) is 0 Å². The molecule has 0 fully saturated rings. The minimum Gasteiger partial charge on any atom is -0.468 e. The van der Waals surface area contributed by atoms with Crippen LogP contribution in [0.4, 0.5) is 14.5 Å². The number of amides is 1. The van der Waals surface area contributed by atoms with E-state index in [1.54, 1.807) is 0 Å². The summed E-state index contributed by atoms with van der Waals surface area (Å²) in [6.07, 6.45) is 1.30. The smallest absolute Gasteiger partial charge is 0.319 e. The van der Waals surface area contributed by atoms with Crippen molar-refractivity contribution in [2.45, 2.75) is 29.9 Å². The topological polar surface area (TPSA) is 55.4 Å². The molecule has 0 aliphatic rings. The zero-order valence-corrected chi connectivity index (χ0v) is 16.3. The fourth-order valence-corrected chi connectivity index (χ4v) is 3.81. The Balaban J connectivity index is 2.26. The molecule has 0 spiro atoms. The maximum atomic E-state index is 14.2. The molecule has 1 N–H and O–H groups in total. The Hall–Kier alpha value is -2.12. The van der Waals surface area contributed by atoms with Gasteiger partial charge in [0.15, 0.2) is 0 Å². The van der Waals surface area contributed by atoms with Crippen molar-refractivity contribution >= 4 is 40.9 Å². The molecule has 2 rings (SSSR count). The second-order valence-electron chi connectivity index (χ2n) is 5.65. The monoisotopic (exact) mass is 413 g/mol. The highest BCUT2D eigenvalue weighted by Crippen LogP contribution is 2.36. The van der Waals surface area contributed by atoms with E-state index in [1.807, 2.05) is 6.92 Å². The van der Waals surface area contributed by atoms with Gasteiger partial charge in [0.05, 0.1) is 17.8 Å². The first-order valence-corrected chi connectivity index (χ1v) is 9.42. The molecule has 1 unspecified atom stereocenters. The number of anilines is 1. The molecule has 1 amide bonds. The summed E-state index contributed by atoms with van der Waals surface area (Å²) >= 11 is 7.23. The summed E-state index contributed by atoms with van der Waals surface area (Å²) in [6.45, 7) is 1.92. The molecule has 2 aromatic rings. The van der Waals surface area contributed by atoms with E-state index in [0.717, 1.165) is 30.3 Å². The fourth-order valence-electron chi connectivity index (χ4n) is 2.31. The van der Waals surface area contributed by atoms with Gasteiger partial charge in [-0.25, -0.2) is 8.78 Å². The predicted molar refractivity (Wildman–Crippen MR) is 102 cm³/mol. The van der Waals surface area contributed by atoms with Crippen molar-refractivity contribution in [1.82, 2.24) is 0 Å². The molecular formula is C19H18ClF2NO3S. The van der Waals surface area contributed by atoms with Crippen molar-refractivity contribution in [3.63, 3.8) is 0 Å². The third kappa shape index (κ3) is 5.68. The number of methoxy groups -OCH3 is 1. The molecular weight excluding hydrogens is 396 g/mol. The summed E-state index contributed by atoms with van der Waals surface area (Å²) in [5, 5.41) is 2.01. The maximum absolute atomic E-state index is 14.2. The van der Waals surface area contributed by atoms with E-state index in [-0.39, 0.29) is 16.3 Å². The number of rotatable bonds is 7. The first kappa shape index (κ1) is 21.2. The Morgan fingerprint density at radius 1 is 1.26 bits per heavy atom. The highest BCUT2D eigenvalue weighted by molar-refractivity contribution is 8.00. The van der Waals surface area contributed by atoms with E-state index in [9.17, 15) is 18.4 Å². The summed E-state index contributed by atoms with van der Waals surface area (Å²) in [7, 11) is 1.29. The van der Waals surface area contributed by atoms with Gasteiger partial charge in [0.25, 0.3) is 5.91 Å². The summed E-state index contributed by atoms with van der Waals surface area (Å²) < 4.78 is 32.3. The number of carbonyl (C=O) groups is 2. The molecule has 4 nitrogen and oxygen atoms in total. The van der Waals surface area contributed by atoms with Crippen LogP contribution in [-0.2, 0) is 9.53 Å². The summed E-state index contributed by atoms with van der Waals surface area (Å²) in [5.41, 5.74) is -0.0618. The lowest BCUT2D eigenvalue weighted by Crippen LogP contribution is -2.18. The molecule has 0 radical (unpaired) electrons. The molecule has 1 atom stereocenters. The Labute approximate surface area is 165 Å². The van der Waals surface area contributed by atoms with Gasteiger partial charge >= 0.3 is 5.97 Å². The molecule has 0 saturated carbocycles. The number of esters is 1. The van der Waals surface area contributed by atoms with Crippen molar-refractivity contribution in [3.8, 4) is 0 Å². The summed E-state index contributed by atoms with van der Waals surface area (Å²) in [5.74, 6) is -2.38. The SMILES string of the molecule is CCCC(Sc1cc(NC(=O)c2cccc(F)c2)c(F)cc1Cl)C(=O)OC. The predicted octanol–water partition coefficient (Wildman–Crippen LogP) is 5.30. The van der Waals surface area contributed by atoms with Crippen LogP contribution in [0.1, 0.15) is 30.1 Å². The first-order valence-electron chi connectivity index (χ1n) is 8.16. The fraction of sp³-hybridized carbons (Fsp3) is 0.263. The van der Waals surface area contributed by atoms with E-state index >= 15 is 0 Å². The first-order chi connectivity index (χ1) is 12.8. The number of benzene rings is 2. The molecule has 0 aromatic heterocycles. The van der Waals surface area contributed by atoms with Gasteiger partial charge in [-0.3, -0.25) is 9.59 Å². The van der Waals surface area contributed by atoms with Crippen LogP contribution in [0.3, 0.4) is 0 Å². The largest absolute Gasteiger partial charge is 0.468 e. The number of hydrogen-bond acceptors (Lipinski definition) is 4. The Morgan fingerprint density at radius 2 is 2.00 bits per heavy atom. The molecule has 2 aromatic carbocycles. The lowest BCUT2D eigenvalue weighted by Gasteiger charge is -2.16. The lowest BCUT2D eigenvalue weighted by molar-refractivity contribution is -0.140. The Kier molecular flexibility index (Phi) is 7.62. The number of carbonyl (C=O) groups excluding carboxylic acids is 2. The second-order valence-corrected chi connectivity index (χ2v) is 7.30. The summed E-state index contributed by atoms with van der Waals surface area (Å²) in [6, 6.07) is 7.46. The lowest BCUT2D eigenvalue weighted by atomic mass is 10.2. The van der Waals surface area contributed by atoms with E-state index in [0.29, 0.717) is 11.3 Å². The molecule has 0 heterocycles. The normalized spacial score (nSPS) is 11.7. The number of thioether (sulfide) groups is 1. The quantitative estimate of drug-likeness (QED) is 0.494. The molecule has 8 heteroatoms. The molecule has 0 bridgehead atoms. The number of halogens is 3. The van der Waals surface area contributed by atoms with Crippen LogP contribution in [0.15, 0.2) is 41.3 Å². The standard InChI is InChI=1S/C19H18ClF2NO3S/c1-3-5-16(19(25)26-2)27-17-10-15(14(22)9-13(17)20)23-18(24)11-6-4-7-12(21)8-11/h4,6-10,16H,3,5H2,1-2H3,(H,23,24). The average molecular weight is 414 g/mol. The zero-order valence-electron chi connectivity index (χ0n) is 14.7. The van der Waals surface area contributed by atoms with Crippen LogP contribution in [0.5, 0.6) is 0 Å². The molecule has 27 heavy (non-hydrogen) atoms.